The molecule has 0 amide bonds. The van der Waals surface area contributed by atoms with Crippen molar-refractivity contribution >= 4 is 31.9 Å². The second-order valence-corrected chi connectivity index (χ2v) is 4.45. The summed E-state index contributed by atoms with van der Waals surface area (Å²) in [6, 6.07) is 0. The fourth-order valence-corrected chi connectivity index (χ4v) is 2.20. The van der Waals surface area contributed by atoms with Crippen LogP contribution in [0.3, 0.4) is 0 Å². The average molecular weight is 254 g/mol. The summed E-state index contributed by atoms with van der Waals surface area (Å²) in [6.45, 7) is 2.19. The Balaban J connectivity index is 2.72. The topological polar surface area (TPSA) is 0 Å². The quantitative estimate of drug-likeness (QED) is 0.579. The molecule has 0 spiro atoms. The molecule has 0 saturated carbocycles. The molecule has 1 aliphatic rings. The van der Waals surface area contributed by atoms with E-state index in [0.29, 0.717) is 4.83 Å². The molecule has 0 fully saturated rings. The van der Waals surface area contributed by atoms with Crippen LogP contribution >= 0.6 is 31.9 Å². The molecule has 1 aliphatic carbocycles. The van der Waals surface area contributed by atoms with Gasteiger partial charge < -0.3 is 0 Å². The SMILES string of the molecule is CC1=C(Br)C(Br)CCC1. The van der Waals surface area contributed by atoms with Crippen LogP contribution in [0, 0.1) is 0 Å². The molecule has 52 valence electrons. The summed E-state index contributed by atoms with van der Waals surface area (Å²) in [4.78, 5) is 0.589. The van der Waals surface area contributed by atoms with Crippen molar-refractivity contribution in [2.24, 2.45) is 0 Å². The summed E-state index contributed by atoms with van der Waals surface area (Å²) in [7, 11) is 0. The number of hydrogen-bond acceptors (Lipinski definition) is 0. The van der Waals surface area contributed by atoms with E-state index in [1.165, 1.54) is 29.3 Å². The predicted molar refractivity (Wildman–Crippen MR) is 48.2 cm³/mol. The fourth-order valence-electron chi connectivity index (χ4n) is 1.06. The Hall–Kier alpha value is 0.700. The van der Waals surface area contributed by atoms with Crippen LogP contribution in [-0.2, 0) is 0 Å². The van der Waals surface area contributed by atoms with Gasteiger partial charge in [-0.2, -0.15) is 0 Å². The van der Waals surface area contributed by atoms with Crippen LogP contribution in [0.15, 0.2) is 10.1 Å². The maximum Gasteiger partial charge on any atom is 0.0460 e. The Labute approximate surface area is 73.0 Å². The van der Waals surface area contributed by atoms with E-state index >= 15 is 0 Å². The monoisotopic (exact) mass is 252 g/mol. The largest absolute Gasteiger partial charge is 0.0833 e. The third-order valence-electron chi connectivity index (χ3n) is 1.69. The van der Waals surface area contributed by atoms with Crippen molar-refractivity contribution in [1.82, 2.24) is 0 Å². The zero-order chi connectivity index (χ0) is 6.85. The summed E-state index contributed by atoms with van der Waals surface area (Å²) < 4.78 is 1.37. The molecule has 0 N–H and O–H groups in total. The van der Waals surface area contributed by atoms with Crippen LogP contribution in [0.5, 0.6) is 0 Å². The van der Waals surface area contributed by atoms with Gasteiger partial charge in [-0.1, -0.05) is 37.4 Å². The van der Waals surface area contributed by atoms with Crippen LogP contribution < -0.4 is 0 Å². The highest BCUT2D eigenvalue weighted by molar-refractivity contribution is 9.14. The Kier molecular flexibility index (Phi) is 2.77. The fraction of sp³-hybridized carbons (Fsp3) is 0.714. The van der Waals surface area contributed by atoms with E-state index in [1.807, 2.05) is 0 Å². The number of allylic oxidation sites excluding steroid dienone is 2. The predicted octanol–water partition coefficient (Wildman–Crippen LogP) is 3.60. The first kappa shape index (κ1) is 7.80. The van der Waals surface area contributed by atoms with Crippen molar-refractivity contribution in [2.45, 2.75) is 31.0 Å². The Bertz CT molecular complexity index is 138. The van der Waals surface area contributed by atoms with Gasteiger partial charge in [0.15, 0.2) is 0 Å². The van der Waals surface area contributed by atoms with E-state index < -0.39 is 0 Å². The maximum atomic E-state index is 3.59. The summed E-state index contributed by atoms with van der Waals surface area (Å²) in [5.74, 6) is 0. The Morgan fingerprint density at radius 2 is 2.22 bits per heavy atom. The van der Waals surface area contributed by atoms with Crippen molar-refractivity contribution in [3.05, 3.63) is 10.1 Å². The smallest absolute Gasteiger partial charge is 0.0460 e. The number of hydrogen-bond donors (Lipinski definition) is 0. The van der Waals surface area contributed by atoms with Crippen LogP contribution in [0.1, 0.15) is 26.2 Å². The molecule has 0 bridgehead atoms. The van der Waals surface area contributed by atoms with E-state index in [-0.39, 0.29) is 0 Å². The van der Waals surface area contributed by atoms with Gasteiger partial charge in [0.25, 0.3) is 0 Å². The number of halogens is 2. The lowest BCUT2D eigenvalue weighted by atomic mass is 10.0. The molecule has 1 rings (SSSR count). The average Bonchev–Trinajstić information content (AvgIpc) is 1.83. The number of alkyl halides is 1. The summed E-state index contributed by atoms with van der Waals surface area (Å²) >= 11 is 7.14. The summed E-state index contributed by atoms with van der Waals surface area (Å²) in [6.07, 6.45) is 3.87. The first-order chi connectivity index (χ1) is 4.22. The minimum absolute atomic E-state index is 0.589. The van der Waals surface area contributed by atoms with Gasteiger partial charge in [0.05, 0.1) is 0 Å². The third-order valence-corrected chi connectivity index (χ3v) is 4.45. The van der Waals surface area contributed by atoms with E-state index in [9.17, 15) is 0 Å². The first-order valence-electron chi connectivity index (χ1n) is 3.21. The van der Waals surface area contributed by atoms with E-state index in [0.717, 1.165) is 0 Å². The third kappa shape index (κ3) is 1.81. The molecule has 0 nitrogen and oxygen atoms in total. The van der Waals surface area contributed by atoms with Crippen LogP contribution in [0.25, 0.3) is 0 Å². The highest BCUT2D eigenvalue weighted by Gasteiger charge is 2.15. The van der Waals surface area contributed by atoms with Gasteiger partial charge in [0.2, 0.25) is 0 Å². The number of rotatable bonds is 0. The standard InChI is InChI=1S/C7H10Br2/c1-5-3-2-4-6(8)7(5)9/h6H,2-4H2,1H3. The minimum Gasteiger partial charge on any atom is -0.0833 e. The van der Waals surface area contributed by atoms with Crippen LogP contribution in [-0.4, -0.2) is 4.83 Å². The lowest BCUT2D eigenvalue weighted by molar-refractivity contribution is 0.712. The molecule has 0 saturated heterocycles. The van der Waals surface area contributed by atoms with Gasteiger partial charge >= 0.3 is 0 Å². The summed E-state index contributed by atoms with van der Waals surface area (Å²) in [5, 5.41) is 0. The van der Waals surface area contributed by atoms with Crippen molar-refractivity contribution in [2.75, 3.05) is 0 Å². The van der Waals surface area contributed by atoms with Crippen molar-refractivity contribution < 1.29 is 0 Å². The van der Waals surface area contributed by atoms with Gasteiger partial charge in [-0.05, 0) is 26.2 Å². The van der Waals surface area contributed by atoms with Gasteiger partial charge in [-0.3, -0.25) is 0 Å². The molecule has 0 aromatic carbocycles. The lowest BCUT2D eigenvalue weighted by Crippen LogP contribution is -2.05. The van der Waals surface area contributed by atoms with Crippen LogP contribution in [0.2, 0.25) is 0 Å². The van der Waals surface area contributed by atoms with Gasteiger partial charge in [0.1, 0.15) is 0 Å². The first-order valence-corrected chi connectivity index (χ1v) is 4.92. The second kappa shape index (κ2) is 3.20. The Morgan fingerprint density at radius 1 is 1.56 bits per heavy atom. The second-order valence-electron chi connectivity index (χ2n) is 2.49. The van der Waals surface area contributed by atoms with Gasteiger partial charge in [0, 0.05) is 9.31 Å². The molecule has 0 radical (unpaired) electrons. The lowest BCUT2D eigenvalue weighted by Gasteiger charge is -2.17. The minimum atomic E-state index is 0.589. The van der Waals surface area contributed by atoms with E-state index in [2.05, 4.69) is 38.8 Å². The molecule has 0 aromatic heterocycles. The highest BCUT2D eigenvalue weighted by atomic mass is 79.9. The van der Waals surface area contributed by atoms with Crippen LogP contribution in [0.4, 0.5) is 0 Å². The zero-order valence-electron chi connectivity index (χ0n) is 5.45. The van der Waals surface area contributed by atoms with Crippen molar-refractivity contribution in [3.8, 4) is 0 Å². The highest BCUT2D eigenvalue weighted by Crippen LogP contribution is 2.33. The summed E-state index contributed by atoms with van der Waals surface area (Å²) in [5.41, 5.74) is 1.50. The van der Waals surface area contributed by atoms with Gasteiger partial charge in [-0.15, -0.1) is 0 Å². The normalized spacial score (nSPS) is 29.0. The molecule has 1 atom stereocenters. The molecule has 0 aliphatic heterocycles. The molecular formula is C7H10Br2. The molecule has 2 heteroatoms. The zero-order valence-corrected chi connectivity index (χ0v) is 8.63. The molecule has 0 aromatic rings. The van der Waals surface area contributed by atoms with E-state index in [4.69, 9.17) is 0 Å². The molecular weight excluding hydrogens is 244 g/mol. The molecule has 9 heavy (non-hydrogen) atoms. The van der Waals surface area contributed by atoms with Gasteiger partial charge in [-0.25, -0.2) is 0 Å². The van der Waals surface area contributed by atoms with Crippen molar-refractivity contribution in [1.29, 1.82) is 0 Å². The Morgan fingerprint density at radius 3 is 2.67 bits per heavy atom. The van der Waals surface area contributed by atoms with Crippen molar-refractivity contribution in [3.63, 3.8) is 0 Å². The molecule has 1 unspecified atom stereocenters. The molecule has 0 heterocycles. The van der Waals surface area contributed by atoms with E-state index in [1.54, 1.807) is 0 Å². The maximum absolute atomic E-state index is 3.59.